The van der Waals surface area contributed by atoms with Gasteiger partial charge in [0, 0.05) is 11.6 Å². The highest BCUT2D eigenvalue weighted by atomic mass is 16.5. The minimum atomic E-state index is -0.211. The van der Waals surface area contributed by atoms with Gasteiger partial charge >= 0.3 is 0 Å². The van der Waals surface area contributed by atoms with Crippen LogP contribution in [0, 0.1) is 0 Å². The van der Waals surface area contributed by atoms with Crippen molar-refractivity contribution in [2.24, 2.45) is 0 Å². The van der Waals surface area contributed by atoms with Gasteiger partial charge in [-0.05, 0) is 37.8 Å². The molecule has 98 valence electrons. The van der Waals surface area contributed by atoms with E-state index in [0.717, 1.165) is 25.7 Å². The van der Waals surface area contributed by atoms with Gasteiger partial charge in [0.1, 0.15) is 11.5 Å². The Labute approximate surface area is 107 Å². The van der Waals surface area contributed by atoms with Gasteiger partial charge in [-0.25, -0.2) is 0 Å². The van der Waals surface area contributed by atoms with Crippen LogP contribution in [0.3, 0.4) is 0 Å². The number of phenolic OH excluding ortho intramolecular Hbond substituents is 1. The van der Waals surface area contributed by atoms with E-state index in [-0.39, 0.29) is 17.2 Å². The summed E-state index contributed by atoms with van der Waals surface area (Å²) < 4.78 is 4.99. The van der Waals surface area contributed by atoms with Crippen molar-refractivity contribution in [3.05, 3.63) is 23.8 Å². The average molecular weight is 249 g/mol. The molecule has 1 amide bonds. The zero-order chi connectivity index (χ0) is 13.2. The van der Waals surface area contributed by atoms with E-state index in [4.69, 9.17) is 4.74 Å². The number of amides is 1. The normalized spacial score (nSPS) is 16.8. The summed E-state index contributed by atoms with van der Waals surface area (Å²) in [6.45, 7) is 2.08. The predicted octanol–water partition coefficient (Wildman–Crippen LogP) is 2.46. The number of hydrogen-bond donors (Lipinski definition) is 2. The number of ether oxygens (including phenoxy) is 1. The van der Waals surface area contributed by atoms with Gasteiger partial charge < -0.3 is 15.2 Å². The first-order chi connectivity index (χ1) is 8.60. The molecule has 1 aliphatic rings. The second kappa shape index (κ2) is 4.88. The van der Waals surface area contributed by atoms with Gasteiger partial charge in [-0.1, -0.05) is 6.92 Å². The van der Waals surface area contributed by atoms with E-state index < -0.39 is 0 Å². The second-order valence-corrected chi connectivity index (χ2v) is 4.82. The number of carbonyl (C=O) groups excluding carboxylic acids is 1. The van der Waals surface area contributed by atoms with E-state index in [0.29, 0.717) is 11.3 Å². The number of methoxy groups -OCH3 is 1. The van der Waals surface area contributed by atoms with Crippen LogP contribution in [0.2, 0.25) is 0 Å². The Hall–Kier alpha value is -1.71. The molecule has 0 atom stereocenters. The molecule has 0 heterocycles. The van der Waals surface area contributed by atoms with E-state index >= 15 is 0 Å². The Bertz CT molecular complexity index is 447. The number of carbonyl (C=O) groups is 1. The van der Waals surface area contributed by atoms with E-state index in [2.05, 4.69) is 12.2 Å². The van der Waals surface area contributed by atoms with E-state index in [1.165, 1.54) is 13.2 Å². The Morgan fingerprint density at radius 3 is 2.67 bits per heavy atom. The van der Waals surface area contributed by atoms with Crippen LogP contribution >= 0.6 is 0 Å². The van der Waals surface area contributed by atoms with Gasteiger partial charge in [-0.15, -0.1) is 0 Å². The summed E-state index contributed by atoms with van der Waals surface area (Å²) in [5.41, 5.74) is 0.235. The molecule has 0 radical (unpaired) electrons. The first-order valence-electron chi connectivity index (χ1n) is 6.30. The summed E-state index contributed by atoms with van der Waals surface area (Å²) in [7, 11) is 1.52. The first kappa shape index (κ1) is 12.7. The fourth-order valence-electron chi connectivity index (χ4n) is 2.31. The van der Waals surface area contributed by atoms with Crippen molar-refractivity contribution in [2.45, 2.75) is 38.1 Å². The minimum Gasteiger partial charge on any atom is -0.507 e. The Morgan fingerprint density at radius 1 is 1.50 bits per heavy atom. The zero-order valence-electron chi connectivity index (χ0n) is 10.8. The summed E-state index contributed by atoms with van der Waals surface area (Å²) in [6.07, 6.45) is 4.12. The molecule has 18 heavy (non-hydrogen) atoms. The molecule has 0 aromatic heterocycles. The molecule has 2 N–H and O–H groups in total. The van der Waals surface area contributed by atoms with Crippen LogP contribution in [0.15, 0.2) is 18.2 Å². The molecule has 1 aromatic rings. The third-order valence-corrected chi connectivity index (χ3v) is 3.82. The lowest BCUT2D eigenvalue weighted by Gasteiger charge is -2.42. The average Bonchev–Trinajstić information content (AvgIpc) is 2.33. The fourth-order valence-corrected chi connectivity index (χ4v) is 2.31. The second-order valence-electron chi connectivity index (χ2n) is 4.82. The molecular weight excluding hydrogens is 230 g/mol. The first-order valence-corrected chi connectivity index (χ1v) is 6.30. The van der Waals surface area contributed by atoms with Crippen LogP contribution in [0.5, 0.6) is 11.5 Å². The summed E-state index contributed by atoms with van der Waals surface area (Å²) in [5.74, 6) is 0.284. The third-order valence-electron chi connectivity index (χ3n) is 3.82. The van der Waals surface area contributed by atoms with Gasteiger partial charge in [0.25, 0.3) is 5.91 Å². The molecular formula is C14H19NO3. The summed E-state index contributed by atoms with van der Waals surface area (Å²) in [6, 6.07) is 4.72. The number of benzene rings is 1. The van der Waals surface area contributed by atoms with Crippen LogP contribution in [0.1, 0.15) is 43.0 Å². The van der Waals surface area contributed by atoms with E-state index in [1.807, 2.05) is 0 Å². The van der Waals surface area contributed by atoms with Gasteiger partial charge in [0.15, 0.2) is 0 Å². The highest BCUT2D eigenvalue weighted by Gasteiger charge is 2.36. The maximum absolute atomic E-state index is 12.1. The van der Waals surface area contributed by atoms with E-state index in [9.17, 15) is 9.90 Å². The zero-order valence-corrected chi connectivity index (χ0v) is 10.8. The van der Waals surface area contributed by atoms with Crippen molar-refractivity contribution in [2.75, 3.05) is 7.11 Å². The SMILES string of the molecule is CCC1(NC(=O)c2ccc(OC)cc2O)CCC1. The molecule has 0 aliphatic heterocycles. The predicted molar refractivity (Wildman–Crippen MR) is 69.0 cm³/mol. The van der Waals surface area contributed by atoms with Gasteiger partial charge in [0.05, 0.1) is 12.7 Å². The summed E-state index contributed by atoms with van der Waals surface area (Å²) >= 11 is 0. The molecule has 4 nitrogen and oxygen atoms in total. The van der Waals surface area contributed by atoms with Crippen molar-refractivity contribution in [1.29, 1.82) is 0 Å². The van der Waals surface area contributed by atoms with Crippen molar-refractivity contribution in [3.63, 3.8) is 0 Å². The lowest BCUT2D eigenvalue weighted by molar-refractivity contribution is 0.0817. The van der Waals surface area contributed by atoms with Crippen molar-refractivity contribution in [3.8, 4) is 11.5 Å². The lowest BCUT2D eigenvalue weighted by Crippen LogP contribution is -2.52. The fraction of sp³-hybridized carbons (Fsp3) is 0.500. The maximum Gasteiger partial charge on any atom is 0.255 e. The number of aromatic hydroxyl groups is 1. The third kappa shape index (κ3) is 2.28. The van der Waals surface area contributed by atoms with Crippen molar-refractivity contribution in [1.82, 2.24) is 5.32 Å². The van der Waals surface area contributed by atoms with Crippen molar-refractivity contribution < 1.29 is 14.6 Å². The van der Waals surface area contributed by atoms with Crippen LogP contribution in [-0.4, -0.2) is 23.7 Å². The molecule has 1 aliphatic carbocycles. The van der Waals surface area contributed by atoms with Gasteiger partial charge in [-0.3, -0.25) is 4.79 Å². The highest BCUT2D eigenvalue weighted by molar-refractivity contribution is 5.97. The number of phenols is 1. The molecule has 0 saturated heterocycles. The van der Waals surface area contributed by atoms with Crippen LogP contribution < -0.4 is 10.1 Å². The molecule has 1 fully saturated rings. The number of hydrogen-bond acceptors (Lipinski definition) is 3. The van der Waals surface area contributed by atoms with Gasteiger partial charge in [-0.2, -0.15) is 0 Å². The molecule has 0 spiro atoms. The summed E-state index contributed by atoms with van der Waals surface area (Å²) in [4.78, 5) is 12.1. The number of rotatable bonds is 4. The summed E-state index contributed by atoms with van der Waals surface area (Å²) in [5, 5.41) is 12.8. The van der Waals surface area contributed by atoms with Crippen LogP contribution in [-0.2, 0) is 0 Å². The molecule has 4 heteroatoms. The minimum absolute atomic E-state index is 0.0440. The smallest absolute Gasteiger partial charge is 0.255 e. The molecule has 1 saturated carbocycles. The standard InChI is InChI=1S/C14H19NO3/c1-3-14(7-4-8-14)15-13(17)11-6-5-10(18-2)9-12(11)16/h5-6,9,16H,3-4,7-8H2,1-2H3,(H,15,17). The van der Waals surface area contributed by atoms with Crippen molar-refractivity contribution >= 4 is 5.91 Å². The molecule has 2 rings (SSSR count). The monoisotopic (exact) mass is 249 g/mol. The topological polar surface area (TPSA) is 58.6 Å². The molecule has 1 aromatic carbocycles. The lowest BCUT2D eigenvalue weighted by atomic mass is 9.74. The molecule has 0 bridgehead atoms. The Balaban J connectivity index is 2.14. The maximum atomic E-state index is 12.1. The van der Waals surface area contributed by atoms with Crippen LogP contribution in [0.4, 0.5) is 0 Å². The largest absolute Gasteiger partial charge is 0.507 e. The quantitative estimate of drug-likeness (QED) is 0.861. The Morgan fingerprint density at radius 2 is 2.22 bits per heavy atom. The van der Waals surface area contributed by atoms with Gasteiger partial charge in [0.2, 0.25) is 0 Å². The van der Waals surface area contributed by atoms with Crippen LogP contribution in [0.25, 0.3) is 0 Å². The molecule has 0 unspecified atom stereocenters. The highest BCUT2D eigenvalue weighted by Crippen LogP contribution is 2.35. The van der Waals surface area contributed by atoms with E-state index in [1.54, 1.807) is 12.1 Å². The number of nitrogens with one attached hydrogen (secondary N) is 1. The Kier molecular flexibility index (Phi) is 3.45.